The second-order valence-corrected chi connectivity index (χ2v) is 41.3. The van der Waals surface area contributed by atoms with Crippen LogP contribution in [0, 0.1) is 29.6 Å². The molecule has 5 rings (SSSR count). The standard InChI is InChI=1S/C62H113NO13Si3/c1-24-47-31-41(11)30-42(12)32-54(69-20)57-55(70-21)34-44(14)62(67,72-57)58(64)59(65)63-48(25-2)27-28-49(63)60(66)71-56(43(13)33-46-26-29-50(53(35-46)68-19)73-77(22,23)61(16,17)18)45(15)51-36-52(47)75-79(39(7)8,40(9)10)76-78(74-51,37(3)4)38(5)6/h25,31,33,37-40,42,44-58,64,67H,2,24,26-30,32,34-36H2,1,3-23H3/b41-31+,43-33+/t42-,44+,45+,46-,47+,48+,49-,50+,51+,52-,53+,54?,55-,56+,57+,58?,62+/m0/s1. The van der Waals surface area contributed by atoms with E-state index in [9.17, 15) is 10.2 Å². The average molecular weight is 1160 g/mol. The van der Waals surface area contributed by atoms with Gasteiger partial charge in [-0.1, -0.05) is 128 Å². The van der Waals surface area contributed by atoms with E-state index in [1.807, 2.05) is 0 Å². The number of allylic oxidation sites excluding steroid dienone is 2. The van der Waals surface area contributed by atoms with Gasteiger partial charge in [0.15, 0.2) is 14.4 Å². The number of ether oxygens (including phenoxy) is 5. The first-order chi connectivity index (χ1) is 36.7. The predicted octanol–water partition coefficient (Wildman–Crippen LogP) is 12.9. The van der Waals surface area contributed by atoms with Crippen molar-refractivity contribution in [3.05, 3.63) is 36.0 Å². The maximum absolute atomic E-state index is 15.5. The first-order valence-corrected chi connectivity index (χ1v) is 37.5. The summed E-state index contributed by atoms with van der Waals surface area (Å²) >= 11 is 0. The normalized spacial score (nSPS) is 38.7. The summed E-state index contributed by atoms with van der Waals surface area (Å²) in [6.45, 7) is 46.1. The monoisotopic (exact) mass is 1160 g/mol. The molecule has 4 bridgehead atoms. The molecule has 4 heterocycles. The van der Waals surface area contributed by atoms with Gasteiger partial charge in [0, 0.05) is 39.1 Å². The van der Waals surface area contributed by atoms with E-state index in [-0.39, 0.29) is 76.1 Å². The van der Waals surface area contributed by atoms with Gasteiger partial charge in [0.25, 0.3) is 5.91 Å². The van der Waals surface area contributed by atoms with Crippen molar-refractivity contribution < 1.29 is 60.9 Å². The Hall–Kier alpha value is -1.59. The molecule has 1 saturated carbocycles. The molecule has 5 aliphatic rings. The first kappa shape index (κ1) is 68.2. The van der Waals surface area contributed by atoms with Crippen molar-refractivity contribution in [1.82, 2.24) is 4.90 Å². The Morgan fingerprint density at radius 2 is 1.39 bits per heavy atom. The third-order valence-electron chi connectivity index (χ3n) is 19.8. The number of hydrogen-bond acceptors (Lipinski definition) is 13. The SMILES string of the molecule is C=C[C@@H]1CC[C@H]2C(=O)O[C@H](/C(C)=C/[C@@H]3CC[C@@H](O[Si](C)(C)C(C)(C)C)[C@H](OC)C3)[C@H](C)[C@H]3C[C@H](O[Si](C(C)C)(C(C)C)O[Si](C(C)C)(C(C)C)O3)[C@H](CC)/C=C(\C)C[C@H](C)CC(OC)[C@H]3O[C@@](O)(C(O)C(=O)N12)[C@H](C)C[C@@H]3OC. The zero-order valence-corrected chi connectivity index (χ0v) is 56.4. The molecule has 79 heavy (non-hydrogen) atoms. The smallest absolute Gasteiger partial charge is 0.334 e. The van der Waals surface area contributed by atoms with Gasteiger partial charge < -0.3 is 56.2 Å². The highest BCUT2D eigenvalue weighted by Gasteiger charge is 2.61. The fourth-order valence-corrected chi connectivity index (χ4v) is 26.7. The third kappa shape index (κ3) is 14.7. The number of carbonyl (C=O) groups excluding carboxylic acids is 2. The van der Waals surface area contributed by atoms with E-state index in [2.05, 4.69) is 143 Å². The van der Waals surface area contributed by atoms with E-state index >= 15 is 9.59 Å². The van der Waals surface area contributed by atoms with Crippen LogP contribution in [0.4, 0.5) is 0 Å². The number of esters is 1. The minimum atomic E-state index is -3.19. The lowest BCUT2D eigenvalue weighted by molar-refractivity contribution is -0.346. The second kappa shape index (κ2) is 27.6. The number of hydrogen-bond donors (Lipinski definition) is 2. The zero-order chi connectivity index (χ0) is 59.5. The summed E-state index contributed by atoms with van der Waals surface area (Å²) < 4.78 is 62.9. The Balaban J connectivity index is 1.75. The van der Waals surface area contributed by atoms with Gasteiger partial charge in [-0.25, -0.2) is 4.79 Å². The molecule has 4 fully saturated rings. The van der Waals surface area contributed by atoms with Crippen LogP contribution in [-0.4, -0.2) is 147 Å². The highest BCUT2D eigenvalue weighted by molar-refractivity contribution is 6.84. The number of rotatable bonds is 13. The Kier molecular flexibility index (Phi) is 23.8. The van der Waals surface area contributed by atoms with Crippen molar-refractivity contribution in [2.75, 3.05) is 21.3 Å². The zero-order valence-electron chi connectivity index (χ0n) is 53.4. The molecule has 0 radical (unpaired) electrons. The van der Waals surface area contributed by atoms with Crippen LogP contribution in [0.1, 0.15) is 182 Å². The number of amides is 1. The van der Waals surface area contributed by atoms with Gasteiger partial charge in [-0.3, -0.25) is 4.79 Å². The molecule has 0 aromatic rings. The molecule has 0 spiro atoms. The molecule has 0 aromatic carbocycles. The Morgan fingerprint density at radius 1 is 0.835 bits per heavy atom. The first-order valence-electron chi connectivity index (χ1n) is 30.6. The molecule has 17 atom stereocenters. The molecule has 14 nitrogen and oxygen atoms in total. The molecule has 1 aliphatic carbocycles. The summed E-state index contributed by atoms with van der Waals surface area (Å²) in [6, 6.07) is -1.72. The van der Waals surface area contributed by atoms with Crippen LogP contribution in [0.5, 0.6) is 0 Å². The van der Waals surface area contributed by atoms with Gasteiger partial charge in [0.05, 0.1) is 42.7 Å². The van der Waals surface area contributed by atoms with Gasteiger partial charge in [0.2, 0.25) is 5.79 Å². The number of carbonyl (C=O) groups is 2. The molecule has 3 saturated heterocycles. The number of aliphatic hydroxyl groups excluding tert-OH is 1. The summed E-state index contributed by atoms with van der Waals surface area (Å²) in [4.78, 5) is 32.0. The van der Waals surface area contributed by atoms with Gasteiger partial charge in [-0.15, -0.1) is 6.58 Å². The molecular weight excluding hydrogens is 1050 g/mol. The summed E-state index contributed by atoms with van der Waals surface area (Å²) in [5.74, 6) is -4.72. The lowest BCUT2D eigenvalue weighted by atomic mass is 9.81. The topological polar surface area (TPSA) is 161 Å². The van der Waals surface area contributed by atoms with E-state index in [4.69, 9.17) is 41.1 Å². The number of cyclic esters (lactones) is 1. The van der Waals surface area contributed by atoms with Crippen molar-refractivity contribution >= 4 is 37.3 Å². The van der Waals surface area contributed by atoms with E-state index in [1.54, 1.807) is 34.3 Å². The van der Waals surface area contributed by atoms with Gasteiger partial charge in [-0.05, 0) is 136 Å². The van der Waals surface area contributed by atoms with Gasteiger partial charge in [-0.2, -0.15) is 0 Å². The Bertz CT molecular complexity index is 2060. The molecule has 17 heteroatoms. The van der Waals surface area contributed by atoms with Crippen LogP contribution in [-0.2, 0) is 50.7 Å². The van der Waals surface area contributed by atoms with Crippen molar-refractivity contribution in [2.24, 2.45) is 29.6 Å². The minimum Gasteiger partial charge on any atom is -0.456 e. The highest BCUT2D eigenvalue weighted by atomic mass is 28.5. The highest BCUT2D eigenvalue weighted by Crippen LogP contribution is 2.50. The number of nitrogens with zero attached hydrogens (tertiary/aromatic N) is 1. The van der Waals surface area contributed by atoms with Crippen LogP contribution in [0.2, 0.25) is 40.3 Å². The summed E-state index contributed by atoms with van der Waals surface area (Å²) in [6.07, 6.45) is 6.75. The summed E-state index contributed by atoms with van der Waals surface area (Å²) in [7, 11) is -3.36. The van der Waals surface area contributed by atoms with Crippen LogP contribution >= 0.6 is 0 Å². The number of methoxy groups -OCH3 is 3. The third-order valence-corrected chi connectivity index (χ3v) is 34.7. The Labute approximate surface area is 482 Å². The lowest BCUT2D eigenvalue weighted by Crippen LogP contribution is -2.66. The van der Waals surface area contributed by atoms with E-state index in [1.165, 1.54) is 10.5 Å². The maximum Gasteiger partial charge on any atom is 0.334 e. The molecule has 1 amide bonds. The number of aliphatic hydroxyl groups is 2. The van der Waals surface area contributed by atoms with Crippen LogP contribution in [0.3, 0.4) is 0 Å². The Morgan fingerprint density at radius 3 is 1.91 bits per heavy atom. The second-order valence-electron chi connectivity index (χ2n) is 27.8. The minimum absolute atomic E-state index is 0.00293. The van der Waals surface area contributed by atoms with Crippen molar-refractivity contribution in [1.29, 1.82) is 0 Å². The van der Waals surface area contributed by atoms with Gasteiger partial charge >= 0.3 is 23.1 Å². The number of fused-ring (bicyclic) bond motifs is 5. The van der Waals surface area contributed by atoms with Crippen LogP contribution in [0.25, 0.3) is 0 Å². The van der Waals surface area contributed by atoms with Crippen LogP contribution in [0.15, 0.2) is 36.0 Å². The van der Waals surface area contributed by atoms with Crippen molar-refractivity contribution in [2.45, 2.75) is 295 Å². The molecule has 2 N–H and O–H groups in total. The summed E-state index contributed by atoms with van der Waals surface area (Å²) in [5.41, 5.74) is 2.47. The van der Waals surface area contributed by atoms with Crippen molar-refractivity contribution in [3.63, 3.8) is 0 Å². The van der Waals surface area contributed by atoms with E-state index < -0.39 is 104 Å². The maximum atomic E-state index is 15.5. The molecule has 456 valence electrons. The predicted molar refractivity (Wildman–Crippen MR) is 321 cm³/mol. The lowest BCUT2D eigenvalue weighted by Gasteiger charge is -2.54. The molecule has 0 aromatic heterocycles. The summed E-state index contributed by atoms with van der Waals surface area (Å²) in [5, 5.41) is 25.0. The van der Waals surface area contributed by atoms with E-state index in [0.717, 1.165) is 37.7 Å². The quantitative estimate of drug-likeness (QED) is 0.102. The fraction of sp³-hybridized carbons (Fsp3) is 0.871. The average Bonchev–Trinajstić information content (AvgIpc) is 3.98. The largest absolute Gasteiger partial charge is 0.456 e. The molecular formula is C62H113NO13Si3. The van der Waals surface area contributed by atoms with Crippen LogP contribution < -0.4 is 0 Å². The van der Waals surface area contributed by atoms with Crippen molar-refractivity contribution in [3.8, 4) is 0 Å². The van der Waals surface area contributed by atoms with E-state index in [0.29, 0.717) is 19.3 Å². The molecule has 2 unspecified atom stereocenters. The molecule has 4 aliphatic heterocycles. The van der Waals surface area contributed by atoms with Gasteiger partial charge in [0.1, 0.15) is 18.2 Å². The fourth-order valence-electron chi connectivity index (χ4n) is 13.9.